The molecule has 0 fully saturated rings. The zero-order chi connectivity index (χ0) is 15.4. The second-order valence-corrected chi connectivity index (χ2v) is 7.57. The second-order valence-electron chi connectivity index (χ2n) is 4.08. The third kappa shape index (κ3) is 4.22. The molecular formula is C14H12Br2ClNO2S. The van der Waals surface area contributed by atoms with Crippen molar-refractivity contribution in [3.05, 3.63) is 43.0 Å². The lowest BCUT2D eigenvalue weighted by molar-refractivity contribution is 0.103. The van der Waals surface area contributed by atoms with Crippen molar-refractivity contribution in [1.82, 2.24) is 0 Å². The SMILES string of the molecule is CCOc1ccc(NC(=O)c2cc(Br)c(Br)s2)cc1CCl. The van der Waals surface area contributed by atoms with Crippen LogP contribution in [0.4, 0.5) is 5.69 Å². The van der Waals surface area contributed by atoms with Crippen LogP contribution in [0.15, 0.2) is 32.5 Å². The van der Waals surface area contributed by atoms with Crippen molar-refractivity contribution in [3.8, 4) is 5.75 Å². The molecule has 0 atom stereocenters. The molecule has 0 spiro atoms. The molecule has 0 bridgehead atoms. The number of halogens is 3. The number of ether oxygens (including phenoxy) is 1. The van der Waals surface area contributed by atoms with Crippen molar-refractivity contribution in [2.24, 2.45) is 0 Å². The van der Waals surface area contributed by atoms with Gasteiger partial charge in [-0.2, -0.15) is 0 Å². The predicted octanol–water partition coefficient (Wildman–Crippen LogP) is 5.66. The summed E-state index contributed by atoms with van der Waals surface area (Å²) in [5.74, 6) is 0.915. The topological polar surface area (TPSA) is 38.3 Å². The third-order valence-electron chi connectivity index (χ3n) is 2.63. The summed E-state index contributed by atoms with van der Waals surface area (Å²) in [5.41, 5.74) is 1.55. The van der Waals surface area contributed by atoms with Crippen molar-refractivity contribution in [3.63, 3.8) is 0 Å². The molecule has 1 N–H and O–H groups in total. The van der Waals surface area contributed by atoms with Gasteiger partial charge in [-0.1, -0.05) is 0 Å². The van der Waals surface area contributed by atoms with E-state index in [4.69, 9.17) is 16.3 Å². The molecule has 1 heterocycles. The minimum atomic E-state index is -0.156. The smallest absolute Gasteiger partial charge is 0.265 e. The van der Waals surface area contributed by atoms with Gasteiger partial charge in [-0.25, -0.2) is 0 Å². The highest BCUT2D eigenvalue weighted by molar-refractivity contribution is 9.13. The fourth-order valence-electron chi connectivity index (χ4n) is 1.71. The quantitative estimate of drug-likeness (QED) is 0.593. The summed E-state index contributed by atoms with van der Waals surface area (Å²) in [5, 5.41) is 2.86. The number of anilines is 1. The van der Waals surface area contributed by atoms with E-state index in [0.717, 1.165) is 19.6 Å². The Balaban J connectivity index is 2.17. The van der Waals surface area contributed by atoms with E-state index >= 15 is 0 Å². The van der Waals surface area contributed by atoms with Gasteiger partial charge in [0.2, 0.25) is 0 Å². The molecule has 0 saturated heterocycles. The van der Waals surface area contributed by atoms with Crippen LogP contribution >= 0.6 is 54.8 Å². The van der Waals surface area contributed by atoms with Crippen LogP contribution in [0.25, 0.3) is 0 Å². The van der Waals surface area contributed by atoms with E-state index in [-0.39, 0.29) is 5.91 Å². The van der Waals surface area contributed by atoms with Gasteiger partial charge in [0.15, 0.2) is 0 Å². The van der Waals surface area contributed by atoms with Gasteiger partial charge in [-0.3, -0.25) is 4.79 Å². The molecule has 0 aliphatic rings. The third-order valence-corrected chi connectivity index (χ3v) is 6.17. The standard InChI is InChI=1S/C14H12Br2ClNO2S/c1-2-20-11-4-3-9(5-8(11)7-17)18-14(19)12-6-10(15)13(16)21-12/h3-6H,2,7H2,1H3,(H,18,19). The number of amides is 1. The number of carbonyl (C=O) groups excluding carboxylic acids is 1. The highest BCUT2D eigenvalue weighted by Gasteiger charge is 2.13. The first kappa shape index (κ1) is 16.8. The van der Waals surface area contributed by atoms with Crippen LogP contribution in [-0.4, -0.2) is 12.5 Å². The molecule has 7 heteroatoms. The summed E-state index contributed by atoms with van der Waals surface area (Å²) in [6.45, 7) is 2.49. The monoisotopic (exact) mass is 451 g/mol. The van der Waals surface area contributed by atoms with E-state index in [1.54, 1.807) is 12.1 Å². The van der Waals surface area contributed by atoms with E-state index in [2.05, 4.69) is 37.2 Å². The molecule has 1 aromatic carbocycles. The predicted molar refractivity (Wildman–Crippen MR) is 94.8 cm³/mol. The van der Waals surface area contributed by atoms with E-state index in [1.807, 2.05) is 19.1 Å². The van der Waals surface area contributed by atoms with Crippen molar-refractivity contribution >= 4 is 66.4 Å². The Bertz CT molecular complexity index is 641. The average Bonchev–Trinajstić information content (AvgIpc) is 2.80. The highest BCUT2D eigenvalue weighted by atomic mass is 79.9. The summed E-state index contributed by atoms with van der Waals surface area (Å²) in [6, 6.07) is 7.22. The van der Waals surface area contributed by atoms with Crippen LogP contribution < -0.4 is 10.1 Å². The number of nitrogens with one attached hydrogen (secondary N) is 1. The van der Waals surface area contributed by atoms with Gasteiger partial charge < -0.3 is 10.1 Å². The lowest BCUT2D eigenvalue weighted by Crippen LogP contribution is -2.10. The summed E-state index contributed by atoms with van der Waals surface area (Å²) in [7, 11) is 0. The minimum absolute atomic E-state index is 0.156. The van der Waals surface area contributed by atoms with Crippen molar-refractivity contribution in [2.75, 3.05) is 11.9 Å². The van der Waals surface area contributed by atoms with Crippen LogP contribution in [0.3, 0.4) is 0 Å². The summed E-state index contributed by atoms with van der Waals surface area (Å²) >= 11 is 14.0. The first-order valence-electron chi connectivity index (χ1n) is 6.13. The largest absolute Gasteiger partial charge is 0.494 e. The van der Waals surface area contributed by atoms with Gasteiger partial charge in [0.25, 0.3) is 5.91 Å². The van der Waals surface area contributed by atoms with Gasteiger partial charge in [-0.15, -0.1) is 22.9 Å². The Hall–Kier alpha value is -0.560. The van der Waals surface area contributed by atoms with E-state index < -0.39 is 0 Å². The Labute approximate surface area is 148 Å². The number of alkyl halides is 1. The number of rotatable bonds is 5. The highest BCUT2D eigenvalue weighted by Crippen LogP contribution is 2.33. The van der Waals surface area contributed by atoms with Gasteiger partial charge in [-0.05, 0) is 63.0 Å². The molecule has 0 unspecified atom stereocenters. The van der Waals surface area contributed by atoms with Crippen LogP contribution in [0.2, 0.25) is 0 Å². The molecule has 0 saturated carbocycles. The molecule has 0 aliphatic heterocycles. The normalized spacial score (nSPS) is 10.5. The molecule has 2 aromatic rings. The van der Waals surface area contributed by atoms with Crippen molar-refractivity contribution in [2.45, 2.75) is 12.8 Å². The molecule has 2 rings (SSSR count). The fourth-order valence-corrected chi connectivity index (χ4v) is 3.85. The van der Waals surface area contributed by atoms with Crippen LogP contribution in [0.5, 0.6) is 5.75 Å². The molecule has 0 aliphatic carbocycles. The van der Waals surface area contributed by atoms with Crippen LogP contribution in [-0.2, 0) is 5.88 Å². The van der Waals surface area contributed by atoms with E-state index in [0.29, 0.717) is 23.1 Å². The maximum Gasteiger partial charge on any atom is 0.265 e. The summed E-state index contributed by atoms with van der Waals surface area (Å²) in [4.78, 5) is 12.8. The number of thiophene rings is 1. The second kappa shape index (κ2) is 7.63. The molecule has 1 aromatic heterocycles. The first-order chi connectivity index (χ1) is 10.0. The maximum atomic E-state index is 12.2. The average molecular weight is 454 g/mol. The number of benzene rings is 1. The number of hydrogen-bond donors (Lipinski definition) is 1. The first-order valence-corrected chi connectivity index (χ1v) is 9.06. The molecule has 0 radical (unpaired) electrons. The lowest BCUT2D eigenvalue weighted by atomic mass is 10.2. The van der Waals surface area contributed by atoms with Crippen LogP contribution in [0, 0.1) is 0 Å². The molecule has 1 amide bonds. The van der Waals surface area contributed by atoms with Gasteiger partial charge in [0, 0.05) is 15.7 Å². The minimum Gasteiger partial charge on any atom is -0.494 e. The van der Waals surface area contributed by atoms with Crippen molar-refractivity contribution in [1.29, 1.82) is 0 Å². The fraction of sp³-hybridized carbons (Fsp3) is 0.214. The molecule has 112 valence electrons. The Morgan fingerprint density at radius 3 is 2.71 bits per heavy atom. The van der Waals surface area contributed by atoms with Gasteiger partial charge >= 0.3 is 0 Å². The number of hydrogen-bond acceptors (Lipinski definition) is 3. The summed E-state index contributed by atoms with van der Waals surface area (Å²) in [6.07, 6.45) is 0. The summed E-state index contributed by atoms with van der Waals surface area (Å²) < 4.78 is 7.24. The zero-order valence-electron chi connectivity index (χ0n) is 11.1. The lowest BCUT2D eigenvalue weighted by Gasteiger charge is -2.10. The van der Waals surface area contributed by atoms with E-state index in [1.165, 1.54) is 11.3 Å². The maximum absolute atomic E-state index is 12.2. The van der Waals surface area contributed by atoms with Gasteiger partial charge in [0.05, 0.1) is 21.2 Å². The Morgan fingerprint density at radius 2 is 2.14 bits per heavy atom. The molecule has 21 heavy (non-hydrogen) atoms. The zero-order valence-corrected chi connectivity index (χ0v) is 15.8. The van der Waals surface area contributed by atoms with Gasteiger partial charge in [0.1, 0.15) is 5.75 Å². The molecular weight excluding hydrogens is 441 g/mol. The number of carbonyl (C=O) groups is 1. The Morgan fingerprint density at radius 1 is 1.38 bits per heavy atom. The van der Waals surface area contributed by atoms with Crippen LogP contribution in [0.1, 0.15) is 22.2 Å². The molecule has 3 nitrogen and oxygen atoms in total. The Kier molecular flexibility index (Phi) is 6.10. The van der Waals surface area contributed by atoms with Crippen molar-refractivity contribution < 1.29 is 9.53 Å². The van der Waals surface area contributed by atoms with E-state index in [9.17, 15) is 4.79 Å².